The van der Waals surface area contributed by atoms with Gasteiger partial charge in [0, 0.05) is 256 Å². The lowest BCUT2D eigenvalue weighted by molar-refractivity contribution is 0.826. The molecule has 0 saturated carbocycles. The van der Waals surface area contributed by atoms with Gasteiger partial charge in [-0.1, -0.05) is 199 Å². The molecule has 0 fully saturated rings. The molecule has 0 amide bonds. The zero-order chi connectivity index (χ0) is 93.0. The van der Waals surface area contributed by atoms with E-state index in [9.17, 15) is 0 Å². The zero-order valence-electron chi connectivity index (χ0n) is 73.3. The standard InChI is InChI=1S/C38H29N9.C34H32N12.C31H20N12/c1-2-3-12-23-45-31-18-7-4-15-27(31)26-30-36(45)34-29-17-6-9-20-33(29)47(25-14-11-22-42-44-40)38(34)35-28-16-5-8-19-32(28)46(37(30)35)24-13-10-21-41-43-39;35-44-38-13-1-4-20-7-10-27-23(16-20)19-26-32(41-27)30-25-18-22(6-3-15-40-46-37)9-12-29(25)43-34(30)31-24-17-21(5-2-14-39-45-36)8-11-28(24)42-33(26)31;32-38-35-13-16-41-24-10-4-1-7-20(24)19-23-29(41)27-22-9-3-6-12-26(22)43(18-15-37-40-34)31(27)28-21-8-2-5-11-25(21)42(30(23)28)17-14-36-39-33/h2-25H,26H2,1H3;7-12,16-18,41-43H,1-6,13-15,19H2;1-18H,19H2/b3-2+,21-10+,22-11+,23-12+,24-13+,25-14+;;16-13+,17-14+,18-15+. The SMILES string of the molecule is C/C=C/C=C/N1c2ccccc2Cc2c1c1c3ccccc3n(/C=C/C=C/N=[N+]=[N-])c1c1c3ccccc3n(/C=C/C=C/N=[N+]=[N-])c21.[N-]=[N+]=N/C=C/N1c2ccccc2Cc2c1c1c3ccccc3n(/C=C/N=[N+]=[N-])c1c1c3ccccc3n(/C=C/N=[N+]=[N-])c21.[N-]=[N+]=NCCCc1ccc2c(c1)Cc1c(c3c4cc(CCCN=[N+]=[N-])ccc4[nH]c3c3c1[nH]c1ccc(CCCN=[N+]=[N-])cc13)N2. The lowest BCUT2D eigenvalue weighted by Crippen LogP contribution is -2.19. The highest BCUT2D eigenvalue weighted by Gasteiger charge is 2.35. The highest BCUT2D eigenvalue weighted by Crippen LogP contribution is 2.56. The van der Waals surface area contributed by atoms with Crippen molar-refractivity contribution >= 4 is 190 Å². The van der Waals surface area contributed by atoms with Crippen molar-refractivity contribution in [3.05, 3.63) is 420 Å². The number of nitrogens with one attached hydrogen (secondary N) is 3. The third-order valence-corrected chi connectivity index (χ3v) is 25.1. The highest BCUT2D eigenvalue weighted by atomic mass is 15.2. The molecule has 12 aromatic carbocycles. The summed E-state index contributed by atoms with van der Waals surface area (Å²) in [5.41, 5.74) is 100. The maximum Gasteiger partial charge on any atom is 0.0656 e. The Balaban J connectivity index is 0.000000131. The van der Waals surface area contributed by atoms with Gasteiger partial charge in [0.1, 0.15) is 0 Å². The van der Waals surface area contributed by atoms with Crippen LogP contribution in [0.25, 0.3) is 239 Å². The molecule has 0 saturated heterocycles. The van der Waals surface area contributed by atoms with Crippen LogP contribution in [0.5, 0.6) is 0 Å². The normalized spacial score (nSPS) is 12.7. The Morgan fingerprint density at radius 3 is 1.20 bits per heavy atom. The van der Waals surface area contributed by atoms with Crippen LogP contribution < -0.4 is 15.1 Å². The minimum absolute atomic E-state index is 0.477. The molecule has 0 bridgehead atoms. The molecule has 0 atom stereocenters. The fourth-order valence-electron chi connectivity index (χ4n) is 19.9. The Morgan fingerprint density at radius 1 is 0.324 bits per heavy atom. The number of anilines is 6. The van der Waals surface area contributed by atoms with Crippen molar-refractivity contribution in [2.45, 2.75) is 64.7 Å². The Kier molecular flexibility index (Phi) is 24.8. The van der Waals surface area contributed by atoms with Crippen molar-refractivity contribution in [3.8, 4) is 0 Å². The smallest absolute Gasteiger partial charge is 0.0656 e. The number of benzene rings is 12. The molecule has 6 aromatic heterocycles. The molecule has 0 aliphatic carbocycles. The first-order valence-corrected chi connectivity index (χ1v) is 44.1. The second-order valence-corrected chi connectivity index (χ2v) is 32.4. The van der Waals surface area contributed by atoms with Crippen molar-refractivity contribution in [2.75, 3.05) is 34.8 Å². The van der Waals surface area contributed by atoms with Crippen LogP contribution >= 0.6 is 0 Å². The largest absolute Gasteiger partial charge is 0.354 e. The number of rotatable bonds is 26. The number of hydrogen-bond donors (Lipinski definition) is 3. The molecule has 3 N–H and O–H groups in total. The Morgan fingerprint density at radius 2 is 0.713 bits per heavy atom. The first-order chi connectivity index (χ1) is 67.2. The zero-order valence-corrected chi connectivity index (χ0v) is 73.3. The van der Waals surface area contributed by atoms with Crippen LogP contribution in [0.15, 0.2) is 327 Å². The van der Waals surface area contributed by atoms with Crippen molar-refractivity contribution in [1.82, 2.24) is 28.2 Å². The van der Waals surface area contributed by atoms with Crippen molar-refractivity contribution in [3.63, 3.8) is 0 Å². The fourth-order valence-corrected chi connectivity index (χ4v) is 19.9. The molecule has 0 spiro atoms. The van der Waals surface area contributed by atoms with E-state index in [1.807, 2.05) is 103 Å². The number of allylic oxidation sites excluding steroid dienone is 7. The monoisotopic (exact) mass is 1780 g/mol. The van der Waals surface area contributed by atoms with Gasteiger partial charge in [-0.3, -0.25) is 0 Å². The average Bonchev–Trinajstić information content (AvgIpc) is 1.54. The summed E-state index contributed by atoms with van der Waals surface area (Å²) in [5.74, 6) is 0. The minimum atomic E-state index is 0.477. The number of hydrogen-bond acceptors (Lipinski definition) is 11. The van der Waals surface area contributed by atoms with E-state index >= 15 is 0 Å². The van der Waals surface area contributed by atoms with E-state index in [1.54, 1.807) is 30.8 Å². The van der Waals surface area contributed by atoms with Crippen molar-refractivity contribution < 1.29 is 0 Å². The number of aromatic amines is 2. The van der Waals surface area contributed by atoms with E-state index in [0.717, 1.165) is 206 Å². The molecule has 0 radical (unpaired) electrons. The molecule has 33 nitrogen and oxygen atoms in total. The Hall–Kier alpha value is -19.0. The van der Waals surface area contributed by atoms with Crippen LogP contribution in [0.4, 0.5) is 34.1 Å². The van der Waals surface area contributed by atoms with Gasteiger partial charge in [-0.2, -0.15) is 0 Å². The summed E-state index contributed by atoms with van der Waals surface area (Å²) in [4.78, 5) is 35.1. The van der Waals surface area contributed by atoms with E-state index in [-0.39, 0.29) is 0 Å². The van der Waals surface area contributed by atoms with Crippen LogP contribution in [0.3, 0.4) is 0 Å². The van der Waals surface area contributed by atoms with E-state index in [0.29, 0.717) is 26.1 Å². The summed E-state index contributed by atoms with van der Waals surface area (Å²) >= 11 is 0. The maximum atomic E-state index is 9.06. The number of H-pyrrole nitrogens is 2. The van der Waals surface area contributed by atoms with E-state index in [2.05, 4.69) is 277 Å². The van der Waals surface area contributed by atoms with Crippen molar-refractivity contribution in [1.29, 1.82) is 0 Å². The number of aryl methyl sites for hydroxylation is 3. The predicted octanol–water partition coefficient (Wildman–Crippen LogP) is 32.2. The maximum absolute atomic E-state index is 9.06. The van der Waals surface area contributed by atoms with E-state index < -0.39 is 0 Å². The predicted molar refractivity (Wildman–Crippen MR) is 551 cm³/mol. The molecule has 3 aliphatic rings. The topological polar surface area (TPSA) is 460 Å². The van der Waals surface area contributed by atoms with Gasteiger partial charge in [0.25, 0.3) is 0 Å². The first kappa shape index (κ1) is 86.4. The molecular weight excluding hydrogens is 1700 g/mol. The number of azide groups is 8. The van der Waals surface area contributed by atoms with Crippen LogP contribution in [0.1, 0.15) is 76.3 Å². The van der Waals surface area contributed by atoms with E-state index in [1.165, 1.54) is 91.5 Å². The van der Waals surface area contributed by atoms with Gasteiger partial charge in [0.2, 0.25) is 0 Å². The summed E-state index contributed by atoms with van der Waals surface area (Å²) < 4.78 is 8.59. The molecule has 33 heteroatoms. The quantitative estimate of drug-likeness (QED) is 0.0157. The molecule has 9 heterocycles. The van der Waals surface area contributed by atoms with Crippen LogP contribution in [-0.2, 0) is 38.5 Å². The van der Waals surface area contributed by atoms with Gasteiger partial charge < -0.3 is 43.4 Å². The van der Waals surface area contributed by atoms with Crippen LogP contribution in [0.2, 0.25) is 0 Å². The summed E-state index contributed by atoms with van der Waals surface area (Å²) in [5, 5.41) is 46.4. The Bertz CT molecular complexity index is 8690. The molecule has 658 valence electrons. The molecule has 136 heavy (non-hydrogen) atoms. The molecule has 0 unspecified atom stereocenters. The third kappa shape index (κ3) is 16.0. The molecule has 18 aromatic rings. The van der Waals surface area contributed by atoms with Gasteiger partial charge in [0.05, 0.1) is 72.2 Å². The first-order valence-electron chi connectivity index (χ1n) is 44.1. The Labute approximate surface area is 773 Å². The molecule has 21 rings (SSSR count). The van der Waals surface area contributed by atoms with Gasteiger partial charge in [-0.05, 0) is 208 Å². The fraction of sp³-hybridized carbons (Fsp3) is 0.126. The number of fused-ring (bicyclic) bond motifs is 33. The molecular formula is C103H81N33. The second-order valence-electron chi connectivity index (χ2n) is 32.4. The average molecular weight is 1780 g/mol. The van der Waals surface area contributed by atoms with Crippen LogP contribution in [-0.4, -0.2) is 47.9 Å². The third-order valence-electron chi connectivity index (χ3n) is 25.1. The summed E-state index contributed by atoms with van der Waals surface area (Å²) in [6, 6.07) is 69.6. The summed E-state index contributed by atoms with van der Waals surface area (Å²) in [6.45, 7) is 3.46. The lowest BCUT2D eigenvalue weighted by Gasteiger charge is -2.32. The van der Waals surface area contributed by atoms with Gasteiger partial charge in [-0.15, -0.1) is 0 Å². The van der Waals surface area contributed by atoms with Gasteiger partial charge >= 0.3 is 0 Å². The summed E-state index contributed by atoms with van der Waals surface area (Å²) in [7, 11) is 0. The minimum Gasteiger partial charge on any atom is -0.354 e. The second kappa shape index (κ2) is 39.1. The number of nitrogens with zero attached hydrogens (tertiary/aromatic N) is 30. The van der Waals surface area contributed by atoms with Crippen LogP contribution in [0, 0.1) is 0 Å². The number of aromatic nitrogens is 6. The van der Waals surface area contributed by atoms with Crippen molar-refractivity contribution in [2.24, 2.45) is 40.9 Å². The number of para-hydroxylation sites is 6. The van der Waals surface area contributed by atoms with Gasteiger partial charge in [-0.25, -0.2) is 0 Å². The summed E-state index contributed by atoms with van der Waals surface area (Å²) in [6.07, 6.45) is 39.2. The lowest BCUT2D eigenvalue weighted by atomic mass is 9.90. The molecule has 3 aliphatic heterocycles. The van der Waals surface area contributed by atoms with Gasteiger partial charge in [0.15, 0.2) is 0 Å². The van der Waals surface area contributed by atoms with E-state index in [4.69, 9.17) is 44.2 Å². The highest BCUT2D eigenvalue weighted by molar-refractivity contribution is 6.34.